The zero-order valence-corrected chi connectivity index (χ0v) is 11.3. The van der Waals surface area contributed by atoms with Crippen LogP contribution >= 0.6 is 11.3 Å². The van der Waals surface area contributed by atoms with Gasteiger partial charge in [0.2, 0.25) is 0 Å². The van der Waals surface area contributed by atoms with Gasteiger partial charge in [-0.25, -0.2) is 0 Å². The van der Waals surface area contributed by atoms with Gasteiger partial charge < -0.3 is 5.11 Å². The standard InChI is InChI=1S/C15H20OS/c1-11(2)6-5-8-14(16)13-10-17-15-9-4-3-7-12(13)15/h3-4,7,9-11,14,16H,5-6,8H2,1-2H3. The van der Waals surface area contributed by atoms with E-state index in [0.29, 0.717) is 0 Å². The summed E-state index contributed by atoms with van der Waals surface area (Å²) in [6.07, 6.45) is 2.87. The fraction of sp³-hybridized carbons (Fsp3) is 0.467. The molecule has 0 saturated heterocycles. The minimum Gasteiger partial charge on any atom is -0.388 e. The minimum absolute atomic E-state index is 0.301. The smallest absolute Gasteiger partial charge is 0.0804 e. The van der Waals surface area contributed by atoms with E-state index < -0.39 is 0 Å². The predicted octanol–water partition coefficient (Wildman–Crippen LogP) is 4.76. The Morgan fingerprint density at radius 3 is 2.71 bits per heavy atom. The van der Waals surface area contributed by atoms with Crippen molar-refractivity contribution in [2.45, 2.75) is 39.2 Å². The van der Waals surface area contributed by atoms with Crippen LogP contribution in [0.1, 0.15) is 44.8 Å². The Hall–Kier alpha value is -0.860. The second-order valence-corrected chi connectivity index (χ2v) is 5.94. The van der Waals surface area contributed by atoms with Gasteiger partial charge in [-0.2, -0.15) is 0 Å². The van der Waals surface area contributed by atoms with Crippen molar-refractivity contribution in [3.05, 3.63) is 35.2 Å². The zero-order valence-electron chi connectivity index (χ0n) is 10.5. The summed E-state index contributed by atoms with van der Waals surface area (Å²) < 4.78 is 1.27. The van der Waals surface area contributed by atoms with E-state index in [9.17, 15) is 5.11 Å². The molecule has 1 unspecified atom stereocenters. The average Bonchev–Trinajstić information content (AvgIpc) is 2.72. The molecule has 1 atom stereocenters. The van der Waals surface area contributed by atoms with Crippen LogP contribution in [0.15, 0.2) is 29.6 Å². The summed E-state index contributed by atoms with van der Waals surface area (Å²) in [5, 5.41) is 13.5. The third-order valence-electron chi connectivity index (χ3n) is 3.13. The van der Waals surface area contributed by atoms with Crippen molar-refractivity contribution >= 4 is 21.4 Å². The molecule has 1 heterocycles. The predicted molar refractivity (Wildman–Crippen MR) is 75.5 cm³/mol. The summed E-state index contributed by atoms with van der Waals surface area (Å²) in [4.78, 5) is 0. The van der Waals surface area contributed by atoms with Gasteiger partial charge in [0.25, 0.3) is 0 Å². The number of thiophene rings is 1. The summed E-state index contributed by atoms with van der Waals surface area (Å²) in [5.41, 5.74) is 1.11. The number of benzene rings is 1. The van der Waals surface area contributed by atoms with Gasteiger partial charge in [0.1, 0.15) is 0 Å². The molecule has 92 valence electrons. The van der Waals surface area contributed by atoms with Crippen molar-refractivity contribution in [3.63, 3.8) is 0 Å². The Labute approximate surface area is 107 Å². The highest BCUT2D eigenvalue weighted by molar-refractivity contribution is 7.17. The van der Waals surface area contributed by atoms with Gasteiger partial charge >= 0.3 is 0 Å². The lowest BCUT2D eigenvalue weighted by Gasteiger charge is -2.10. The maximum atomic E-state index is 10.2. The van der Waals surface area contributed by atoms with Crippen LogP contribution in [0.4, 0.5) is 0 Å². The van der Waals surface area contributed by atoms with Crippen LogP contribution in [0.2, 0.25) is 0 Å². The van der Waals surface area contributed by atoms with E-state index in [0.717, 1.165) is 24.3 Å². The van der Waals surface area contributed by atoms with Gasteiger partial charge in [-0.05, 0) is 34.7 Å². The molecule has 0 aliphatic carbocycles. The highest BCUT2D eigenvalue weighted by Crippen LogP contribution is 2.32. The van der Waals surface area contributed by atoms with E-state index in [-0.39, 0.29) is 6.10 Å². The monoisotopic (exact) mass is 248 g/mol. The highest BCUT2D eigenvalue weighted by atomic mass is 32.1. The molecule has 0 aliphatic heterocycles. The summed E-state index contributed by atoms with van der Waals surface area (Å²) in [6.45, 7) is 4.46. The van der Waals surface area contributed by atoms with Crippen LogP contribution in [-0.2, 0) is 0 Å². The first-order chi connectivity index (χ1) is 8.18. The SMILES string of the molecule is CC(C)CCCC(O)c1csc2ccccc12. The average molecular weight is 248 g/mol. The maximum absolute atomic E-state index is 10.2. The number of aliphatic hydroxyl groups excluding tert-OH is 1. The van der Waals surface area contributed by atoms with Crippen LogP contribution in [-0.4, -0.2) is 5.11 Å². The molecule has 0 spiro atoms. The molecule has 0 radical (unpaired) electrons. The lowest BCUT2D eigenvalue weighted by molar-refractivity contribution is 0.164. The zero-order chi connectivity index (χ0) is 12.3. The van der Waals surface area contributed by atoms with E-state index in [1.165, 1.54) is 16.5 Å². The first kappa shape index (κ1) is 12.6. The second kappa shape index (κ2) is 5.65. The second-order valence-electron chi connectivity index (χ2n) is 5.03. The Balaban J connectivity index is 2.06. The molecule has 2 rings (SSSR count). The van der Waals surface area contributed by atoms with E-state index in [1.54, 1.807) is 11.3 Å². The third-order valence-corrected chi connectivity index (χ3v) is 4.11. The molecular weight excluding hydrogens is 228 g/mol. The third kappa shape index (κ3) is 3.08. The molecule has 0 amide bonds. The molecule has 0 saturated carbocycles. The molecule has 0 fully saturated rings. The van der Waals surface area contributed by atoms with Crippen molar-refractivity contribution in [2.75, 3.05) is 0 Å². The fourth-order valence-electron chi connectivity index (χ4n) is 2.13. The Morgan fingerprint density at radius 1 is 1.18 bits per heavy atom. The number of hydrogen-bond acceptors (Lipinski definition) is 2. The summed E-state index contributed by atoms with van der Waals surface area (Å²) in [6, 6.07) is 8.31. The molecule has 2 heteroatoms. The Kier molecular flexibility index (Phi) is 4.19. The van der Waals surface area contributed by atoms with Crippen LogP contribution in [0, 0.1) is 5.92 Å². The summed E-state index contributed by atoms with van der Waals surface area (Å²) in [7, 11) is 0. The number of hydrogen-bond donors (Lipinski definition) is 1. The normalized spacial score (nSPS) is 13.4. The molecule has 1 aromatic heterocycles. The van der Waals surface area contributed by atoms with Gasteiger partial charge in [-0.1, -0.05) is 44.9 Å². The number of fused-ring (bicyclic) bond motifs is 1. The van der Waals surface area contributed by atoms with Crippen LogP contribution < -0.4 is 0 Å². The quantitative estimate of drug-likeness (QED) is 0.808. The molecule has 17 heavy (non-hydrogen) atoms. The van der Waals surface area contributed by atoms with Crippen molar-refractivity contribution in [3.8, 4) is 0 Å². The lowest BCUT2D eigenvalue weighted by Crippen LogP contribution is -1.97. The van der Waals surface area contributed by atoms with Crippen molar-refractivity contribution < 1.29 is 5.11 Å². The first-order valence-electron chi connectivity index (χ1n) is 6.32. The molecule has 1 N–H and O–H groups in total. The molecule has 0 bridgehead atoms. The van der Waals surface area contributed by atoms with Crippen LogP contribution in [0.25, 0.3) is 10.1 Å². The Morgan fingerprint density at radius 2 is 1.94 bits per heavy atom. The van der Waals surface area contributed by atoms with Crippen molar-refractivity contribution in [1.82, 2.24) is 0 Å². The molecule has 0 aliphatic rings. The van der Waals surface area contributed by atoms with E-state index >= 15 is 0 Å². The number of rotatable bonds is 5. The van der Waals surface area contributed by atoms with E-state index in [4.69, 9.17) is 0 Å². The van der Waals surface area contributed by atoms with Gasteiger partial charge in [0.15, 0.2) is 0 Å². The van der Waals surface area contributed by atoms with Gasteiger partial charge in [-0.15, -0.1) is 11.3 Å². The minimum atomic E-state index is -0.301. The Bertz CT molecular complexity index is 472. The van der Waals surface area contributed by atoms with Crippen molar-refractivity contribution in [2.24, 2.45) is 5.92 Å². The molecule has 1 aromatic carbocycles. The summed E-state index contributed by atoms with van der Waals surface area (Å²) >= 11 is 1.72. The van der Waals surface area contributed by atoms with Crippen LogP contribution in [0.5, 0.6) is 0 Å². The number of aliphatic hydroxyl groups is 1. The van der Waals surface area contributed by atoms with Gasteiger partial charge in [0.05, 0.1) is 6.10 Å². The molecule has 1 nitrogen and oxygen atoms in total. The van der Waals surface area contributed by atoms with E-state index in [2.05, 4.69) is 31.4 Å². The first-order valence-corrected chi connectivity index (χ1v) is 7.20. The maximum Gasteiger partial charge on any atom is 0.0804 e. The molecular formula is C15H20OS. The van der Waals surface area contributed by atoms with Crippen molar-refractivity contribution in [1.29, 1.82) is 0 Å². The molecule has 2 aromatic rings. The van der Waals surface area contributed by atoms with E-state index in [1.807, 2.05) is 12.1 Å². The fourth-order valence-corrected chi connectivity index (χ4v) is 3.14. The van der Waals surface area contributed by atoms with Gasteiger partial charge in [-0.3, -0.25) is 0 Å². The lowest BCUT2D eigenvalue weighted by atomic mass is 10.00. The van der Waals surface area contributed by atoms with Gasteiger partial charge in [0, 0.05) is 4.70 Å². The summed E-state index contributed by atoms with van der Waals surface area (Å²) in [5.74, 6) is 0.724. The largest absolute Gasteiger partial charge is 0.388 e. The highest BCUT2D eigenvalue weighted by Gasteiger charge is 2.12. The van der Waals surface area contributed by atoms with Crippen LogP contribution in [0.3, 0.4) is 0 Å². The topological polar surface area (TPSA) is 20.2 Å².